The van der Waals surface area contributed by atoms with Crippen molar-refractivity contribution in [2.75, 3.05) is 79.3 Å². The van der Waals surface area contributed by atoms with E-state index in [1.165, 1.54) is 89.9 Å². The van der Waals surface area contributed by atoms with Crippen molar-refractivity contribution in [1.29, 1.82) is 0 Å². The fourth-order valence-corrected chi connectivity index (χ4v) is 11.4. The Morgan fingerprint density at radius 1 is 0.484 bits per heavy atom. The highest BCUT2D eigenvalue weighted by molar-refractivity contribution is 9.12. The Labute approximate surface area is 403 Å². The van der Waals surface area contributed by atoms with Gasteiger partial charge in [0.25, 0.3) is 0 Å². The van der Waals surface area contributed by atoms with Gasteiger partial charge < -0.3 is 37.9 Å². The first kappa shape index (κ1) is 55.7. The van der Waals surface area contributed by atoms with E-state index in [1.807, 2.05) is 10.8 Å². The van der Waals surface area contributed by atoms with E-state index in [9.17, 15) is 0 Å². The average molecular weight is 1040 g/mol. The topological polar surface area (TPSA) is 73.8 Å². The van der Waals surface area contributed by atoms with Gasteiger partial charge in [-0.05, 0) is 81.2 Å². The highest BCUT2D eigenvalue weighted by atomic mass is 79.9. The Morgan fingerprint density at radius 3 is 1.05 bits per heavy atom. The molecule has 0 bridgehead atoms. The molecule has 0 amide bonds. The molecule has 0 radical (unpaired) electrons. The molecular formula is C50H86Br2O8S2. The third-order valence-corrected chi connectivity index (χ3v) is 15.8. The SMILES string of the molecule is CCCCC(CC)COCC1(COCC(CC)CCCC)COc2c(Br)sc(Br)c2OC1.CCCCC(CC)COCC1(COCC(CC)CCCC)COc2cscc2OC1. The summed E-state index contributed by atoms with van der Waals surface area (Å²) in [5, 5.41) is 4.03. The second kappa shape index (κ2) is 32.2. The Hall–Kier alpha value is -0.600. The van der Waals surface area contributed by atoms with Crippen LogP contribution in [-0.4, -0.2) is 79.3 Å². The molecule has 4 atom stereocenters. The first-order chi connectivity index (χ1) is 30.1. The molecule has 12 heteroatoms. The maximum Gasteiger partial charge on any atom is 0.187 e. The molecule has 0 spiro atoms. The molecule has 2 aliphatic rings. The number of ether oxygens (including phenoxy) is 8. The highest BCUT2D eigenvalue weighted by Crippen LogP contribution is 2.51. The summed E-state index contributed by atoms with van der Waals surface area (Å²) in [5.74, 6) is 5.77. The zero-order chi connectivity index (χ0) is 45.1. The first-order valence-electron chi connectivity index (χ1n) is 24.5. The summed E-state index contributed by atoms with van der Waals surface area (Å²) in [6.07, 6.45) is 19.6. The van der Waals surface area contributed by atoms with Crippen LogP contribution in [0.15, 0.2) is 18.3 Å². The molecule has 4 unspecified atom stereocenters. The third-order valence-electron chi connectivity index (χ3n) is 12.7. The van der Waals surface area contributed by atoms with Crippen LogP contribution in [-0.2, 0) is 18.9 Å². The molecule has 2 aromatic rings. The standard InChI is InChI=1S/C25H42Br2O4S.C25H44O4S/c1-5-9-11-19(7-3)13-28-15-25(16-29-14-20(8-4)12-10-6-2)17-30-21-22(31-18-25)24(27)32-23(21)26;1-5-9-11-21(7-3)13-26-17-25(18-27-14-22(8-4)12-10-6-2)19-28-23-15-30-16-24(23)29-20-25/h19-20H,5-18H2,1-4H3;15-16,21-22H,5-14,17-20H2,1-4H3. The van der Waals surface area contributed by atoms with E-state index in [0.29, 0.717) is 76.5 Å². The van der Waals surface area contributed by atoms with Crippen LogP contribution in [0.1, 0.15) is 158 Å². The summed E-state index contributed by atoms with van der Waals surface area (Å²) >= 11 is 10.4. The second-order valence-corrected chi connectivity index (χ2v) is 22.7. The maximum absolute atomic E-state index is 6.31. The van der Waals surface area contributed by atoms with Crippen molar-refractivity contribution in [3.05, 3.63) is 18.3 Å². The fourth-order valence-electron chi connectivity index (χ4n) is 7.85. The largest absolute Gasteiger partial charge is 0.488 e. The van der Waals surface area contributed by atoms with Crippen molar-refractivity contribution in [2.24, 2.45) is 34.5 Å². The van der Waals surface area contributed by atoms with E-state index >= 15 is 0 Å². The zero-order valence-electron chi connectivity index (χ0n) is 40.1. The molecule has 4 rings (SSSR count). The number of hydrogen-bond acceptors (Lipinski definition) is 10. The summed E-state index contributed by atoms with van der Waals surface area (Å²) in [4.78, 5) is 0. The van der Waals surface area contributed by atoms with Crippen molar-refractivity contribution < 1.29 is 37.9 Å². The number of hydrogen-bond donors (Lipinski definition) is 0. The molecule has 4 heterocycles. The summed E-state index contributed by atoms with van der Waals surface area (Å²) in [6.45, 7) is 25.9. The number of rotatable bonds is 32. The normalized spacial score (nSPS) is 17.3. The van der Waals surface area contributed by atoms with Crippen molar-refractivity contribution in [3.8, 4) is 23.0 Å². The predicted molar refractivity (Wildman–Crippen MR) is 267 cm³/mol. The monoisotopic (exact) mass is 1040 g/mol. The van der Waals surface area contributed by atoms with E-state index < -0.39 is 0 Å². The van der Waals surface area contributed by atoms with Gasteiger partial charge in [-0.2, -0.15) is 0 Å². The van der Waals surface area contributed by atoms with Crippen molar-refractivity contribution in [1.82, 2.24) is 0 Å². The van der Waals surface area contributed by atoms with E-state index in [4.69, 9.17) is 37.9 Å². The van der Waals surface area contributed by atoms with Gasteiger partial charge >= 0.3 is 0 Å². The predicted octanol–water partition coefficient (Wildman–Crippen LogP) is 15.5. The molecule has 0 aromatic carbocycles. The van der Waals surface area contributed by atoms with E-state index in [0.717, 1.165) is 69.8 Å². The smallest absolute Gasteiger partial charge is 0.187 e. The van der Waals surface area contributed by atoms with Gasteiger partial charge in [0, 0.05) is 37.2 Å². The van der Waals surface area contributed by atoms with Gasteiger partial charge in [-0.15, -0.1) is 22.7 Å². The lowest BCUT2D eigenvalue weighted by molar-refractivity contribution is -0.0716. The lowest BCUT2D eigenvalue weighted by Gasteiger charge is -2.32. The molecule has 8 nitrogen and oxygen atoms in total. The summed E-state index contributed by atoms with van der Waals surface area (Å²) in [6, 6.07) is 0. The molecule has 0 saturated heterocycles. The van der Waals surface area contributed by atoms with Crippen LogP contribution in [0.4, 0.5) is 0 Å². The molecule has 2 aliphatic heterocycles. The zero-order valence-corrected chi connectivity index (χ0v) is 44.9. The lowest BCUT2D eigenvalue weighted by atomic mass is 9.91. The van der Waals surface area contributed by atoms with Gasteiger partial charge in [0.1, 0.15) is 34.0 Å². The Morgan fingerprint density at radius 2 is 0.774 bits per heavy atom. The summed E-state index contributed by atoms with van der Waals surface area (Å²) < 4.78 is 51.8. The van der Waals surface area contributed by atoms with Crippen LogP contribution in [0.25, 0.3) is 0 Å². The third kappa shape index (κ3) is 19.7. The number of fused-ring (bicyclic) bond motifs is 2. The molecule has 360 valence electrons. The van der Waals surface area contributed by atoms with E-state index in [2.05, 4.69) is 87.2 Å². The van der Waals surface area contributed by atoms with E-state index in [-0.39, 0.29) is 10.8 Å². The molecule has 62 heavy (non-hydrogen) atoms. The minimum atomic E-state index is -0.318. The van der Waals surface area contributed by atoms with Gasteiger partial charge in [-0.25, -0.2) is 0 Å². The second-order valence-electron chi connectivity index (χ2n) is 18.3. The summed E-state index contributed by atoms with van der Waals surface area (Å²) in [7, 11) is 0. The number of unbranched alkanes of at least 4 members (excludes halogenated alkanes) is 4. The Balaban J connectivity index is 0.000000331. The van der Waals surface area contributed by atoms with Crippen LogP contribution in [0.2, 0.25) is 0 Å². The van der Waals surface area contributed by atoms with Gasteiger partial charge in [0.15, 0.2) is 23.0 Å². The van der Waals surface area contributed by atoms with E-state index in [1.54, 1.807) is 22.7 Å². The van der Waals surface area contributed by atoms with Crippen LogP contribution < -0.4 is 18.9 Å². The minimum Gasteiger partial charge on any atom is -0.488 e. The van der Waals surface area contributed by atoms with Crippen molar-refractivity contribution in [3.63, 3.8) is 0 Å². The van der Waals surface area contributed by atoms with Gasteiger partial charge in [-0.3, -0.25) is 0 Å². The van der Waals surface area contributed by atoms with Gasteiger partial charge in [-0.1, -0.05) is 132 Å². The summed E-state index contributed by atoms with van der Waals surface area (Å²) in [5.41, 5.74) is -0.579. The average Bonchev–Trinajstić information content (AvgIpc) is 3.73. The van der Waals surface area contributed by atoms with Gasteiger partial charge in [0.05, 0.1) is 37.3 Å². The first-order valence-corrected chi connectivity index (χ1v) is 27.8. The highest BCUT2D eigenvalue weighted by Gasteiger charge is 2.39. The molecule has 0 fully saturated rings. The van der Waals surface area contributed by atoms with Crippen LogP contribution in [0.3, 0.4) is 0 Å². The van der Waals surface area contributed by atoms with Crippen LogP contribution in [0.5, 0.6) is 23.0 Å². The fraction of sp³-hybridized carbons (Fsp3) is 0.840. The molecule has 2 aromatic heterocycles. The number of thiophene rings is 2. The number of halogens is 2. The van der Waals surface area contributed by atoms with Crippen molar-refractivity contribution in [2.45, 2.75) is 158 Å². The maximum atomic E-state index is 6.31. The van der Waals surface area contributed by atoms with Crippen molar-refractivity contribution >= 4 is 54.5 Å². The quantitative estimate of drug-likeness (QED) is 0.0718. The molecule has 0 N–H and O–H groups in total. The van der Waals surface area contributed by atoms with Crippen LogP contribution in [0, 0.1) is 34.5 Å². The molecule has 0 aliphatic carbocycles. The minimum absolute atomic E-state index is 0.261. The Kier molecular flexibility index (Phi) is 28.9. The lowest BCUT2D eigenvalue weighted by Crippen LogP contribution is -2.43. The molecule has 0 saturated carbocycles. The Bertz CT molecular complexity index is 1320. The van der Waals surface area contributed by atoms with Gasteiger partial charge in [0.2, 0.25) is 0 Å². The van der Waals surface area contributed by atoms with Crippen LogP contribution >= 0.6 is 54.5 Å². The molecular weight excluding hydrogens is 952 g/mol.